The molecule has 0 bridgehead atoms. The number of nitriles is 1. The molecule has 4 aromatic rings. The van der Waals surface area contributed by atoms with Crippen LogP contribution in [0.3, 0.4) is 0 Å². The number of benzene rings is 2. The molecule has 4 rings (SSSR count). The summed E-state index contributed by atoms with van der Waals surface area (Å²) in [6.07, 6.45) is 2.76. The molecular formula is C21H14BrN5O2S. The van der Waals surface area contributed by atoms with E-state index < -0.39 is 9.84 Å². The maximum atomic E-state index is 11.8. The van der Waals surface area contributed by atoms with Crippen molar-refractivity contribution < 1.29 is 8.42 Å². The van der Waals surface area contributed by atoms with Crippen LogP contribution in [-0.4, -0.2) is 29.6 Å². The van der Waals surface area contributed by atoms with Crippen LogP contribution >= 0.6 is 15.9 Å². The lowest BCUT2D eigenvalue weighted by Gasteiger charge is -2.09. The summed E-state index contributed by atoms with van der Waals surface area (Å²) in [5.41, 5.74) is 2.67. The molecule has 2 heterocycles. The number of anilines is 2. The second-order valence-corrected chi connectivity index (χ2v) is 9.38. The van der Waals surface area contributed by atoms with Gasteiger partial charge in [-0.05, 0) is 35.9 Å². The third-order valence-corrected chi connectivity index (χ3v) is 6.16. The van der Waals surface area contributed by atoms with E-state index in [4.69, 9.17) is 0 Å². The molecule has 9 heteroatoms. The summed E-state index contributed by atoms with van der Waals surface area (Å²) in [4.78, 5) is 13.3. The van der Waals surface area contributed by atoms with Crippen LogP contribution in [0.2, 0.25) is 0 Å². The van der Waals surface area contributed by atoms with Gasteiger partial charge in [0.25, 0.3) is 0 Å². The van der Waals surface area contributed by atoms with E-state index in [2.05, 4.69) is 42.3 Å². The van der Waals surface area contributed by atoms with Crippen LogP contribution in [-0.2, 0) is 9.84 Å². The average molecular weight is 480 g/mol. The second kappa shape index (κ2) is 7.82. The lowest BCUT2D eigenvalue weighted by Crippen LogP contribution is -2.02. The van der Waals surface area contributed by atoms with Crippen LogP contribution in [0.1, 0.15) is 5.69 Å². The van der Waals surface area contributed by atoms with Gasteiger partial charge in [0, 0.05) is 33.6 Å². The molecule has 0 fully saturated rings. The summed E-state index contributed by atoms with van der Waals surface area (Å²) in [6.45, 7) is 0. The monoisotopic (exact) mass is 479 g/mol. The smallest absolute Gasteiger partial charge is 0.229 e. The number of hydrogen-bond acceptors (Lipinski definition) is 7. The van der Waals surface area contributed by atoms with E-state index in [9.17, 15) is 13.7 Å². The van der Waals surface area contributed by atoms with E-state index in [0.29, 0.717) is 22.3 Å². The molecular weight excluding hydrogens is 466 g/mol. The molecule has 2 aromatic heterocycles. The number of pyridine rings is 1. The van der Waals surface area contributed by atoms with Crippen molar-refractivity contribution in [3.05, 3.63) is 71.0 Å². The topological polar surface area (TPSA) is 109 Å². The standard InChI is InChI=1S/C21H14BrN5O2S/c1-30(28,29)15-6-4-5-14(10-15)25-21-24-12-13-9-17(16-7-2-3-8-18(16)22)19(11-23)26-20(13)27-21/h2-10,12H,1H3,(H,24,25,26,27). The van der Waals surface area contributed by atoms with Crippen molar-refractivity contribution in [2.75, 3.05) is 11.6 Å². The Morgan fingerprint density at radius 3 is 2.57 bits per heavy atom. The number of halogens is 1. The van der Waals surface area contributed by atoms with Gasteiger partial charge in [-0.2, -0.15) is 10.2 Å². The second-order valence-electron chi connectivity index (χ2n) is 6.51. The van der Waals surface area contributed by atoms with Crippen molar-refractivity contribution in [2.24, 2.45) is 0 Å². The number of aromatic nitrogens is 3. The van der Waals surface area contributed by atoms with Crippen LogP contribution in [0.4, 0.5) is 11.6 Å². The van der Waals surface area contributed by atoms with Crippen molar-refractivity contribution in [1.82, 2.24) is 15.0 Å². The zero-order valence-corrected chi connectivity index (χ0v) is 18.1. The fourth-order valence-corrected chi connectivity index (χ4v) is 4.09. The Kier molecular flexibility index (Phi) is 5.20. The van der Waals surface area contributed by atoms with Gasteiger partial charge in [0.1, 0.15) is 6.07 Å². The first-order chi connectivity index (χ1) is 14.3. The van der Waals surface area contributed by atoms with Crippen molar-refractivity contribution >= 4 is 48.4 Å². The van der Waals surface area contributed by atoms with Gasteiger partial charge in [-0.25, -0.2) is 18.4 Å². The van der Waals surface area contributed by atoms with E-state index in [-0.39, 0.29) is 16.5 Å². The maximum absolute atomic E-state index is 11.8. The van der Waals surface area contributed by atoms with Gasteiger partial charge >= 0.3 is 0 Å². The molecule has 0 saturated heterocycles. The molecule has 0 aliphatic carbocycles. The summed E-state index contributed by atoms with van der Waals surface area (Å²) in [5.74, 6) is 0.248. The minimum atomic E-state index is -3.33. The van der Waals surface area contributed by atoms with E-state index in [1.54, 1.807) is 18.3 Å². The molecule has 7 nitrogen and oxygen atoms in total. The predicted molar refractivity (Wildman–Crippen MR) is 118 cm³/mol. The van der Waals surface area contributed by atoms with Crippen molar-refractivity contribution in [2.45, 2.75) is 4.90 Å². The highest BCUT2D eigenvalue weighted by atomic mass is 79.9. The third kappa shape index (κ3) is 4.01. The quantitative estimate of drug-likeness (QED) is 0.459. The molecule has 0 saturated carbocycles. The largest absolute Gasteiger partial charge is 0.324 e. The number of sulfone groups is 1. The Morgan fingerprint density at radius 1 is 1.03 bits per heavy atom. The van der Waals surface area contributed by atoms with Gasteiger partial charge < -0.3 is 5.32 Å². The molecule has 0 unspecified atom stereocenters. The first-order valence-corrected chi connectivity index (χ1v) is 11.4. The molecule has 148 valence electrons. The molecule has 0 spiro atoms. The normalized spacial score (nSPS) is 11.2. The Bertz CT molecular complexity index is 1430. The van der Waals surface area contributed by atoms with Gasteiger partial charge in [0.15, 0.2) is 21.2 Å². The summed E-state index contributed by atoms with van der Waals surface area (Å²) < 4.78 is 24.4. The van der Waals surface area contributed by atoms with Crippen molar-refractivity contribution in [3.63, 3.8) is 0 Å². The first-order valence-electron chi connectivity index (χ1n) is 8.75. The summed E-state index contributed by atoms with van der Waals surface area (Å²) in [5, 5.41) is 13.3. The fraction of sp³-hybridized carbons (Fsp3) is 0.0476. The average Bonchev–Trinajstić information content (AvgIpc) is 2.73. The zero-order valence-electron chi connectivity index (χ0n) is 15.7. The third-order valence-electron chi connectivity index (χ3n) is 4.36. The highest BCUT2D eigenvalue weighted by molar-refractivity contribution is 9.10. The summed E-state index contributed by atoms with van der Waals surface area (Å²) in [6, 6.07) is 17.9. The molecule has 0 radical (unpaired) electrons. The molecule has 0 amide bonds. The van der Waals surface area contributed by atoms with Crippen molar-refractivity contribution in [3.8, 4) is 17.2 Å². The van der Waals surface area contributed by atoms with Crippen LogP contribution in [0, 0.1) is 11.3 Å². The Balaban J connectivity index is 1.75. The van der Waals surface area contributed by atoms with Crippen LogP contribution in [0.15, 0.2) is 70.2 Å². The molecule has 0 atom stereocenters. The SMILES string of the molecule is CS(=O)(=O)c1cccc(Nc2ncc3cc(-c4ccccc4Br)c(C#N)nc3n2)c1. The minimum Gasteiger partial charge on any atom is -0.324 e. The summed E-state index contributed by atoms with van der Waals surface area (Å²) in [7, 11) is -3.33. The van der Waals surface area contributed by atoms with Crippen LogP contribution in [0.25, 0.3) is 22.2 Å². The Hall–Kier alpha value is -3.35. The lowest BCUT2D eigenvalue weighted by molar-refractivity contribution is 0.602. The Morgan fingerprint density at radius 2 is 1.83 bits per heavy atom. The predicted octanol–water partition coefficient (Wildman–Crippen LogP) is 4.47. The molecule has 0 aliphatic heterocycles. The van der Waals surface area contributed by atoms with Gasteiger partial charge in [-0.3, -0.25) is 0 Å². The van der Waals surface area contributed by atoms with Gasteiger partial charge in [-0.15, -0.1) is 0 Å². The number of nitrogens with zero attached hydrogens (tertiary/aromatic N) is 4. The van der Waals surface area contributed by atoms with Gasteiger partial charge in [0.05, 0.1) is 4.90 Å². The molecule has 2 aromatic carbocycles. The molecule has 0 aliphatic rings. The van der Waals surface area contributed by atoms with Crippen LogP contribution < -0.4 is 5.32 Å². The van der Waals surface area contributed by atoms with E-state index in [1.165, 1.54) is 12.1 Å². The minimum absolute atomic E-state index is 0.191. The Labute approximate surface area is 181 Å². The van der Waals surface area contributed by atoms with Crippen molar-refractivity contribution in [1.29, 1.82) is 5.26 Å². The molecule has 30 heavy (non-hydrogen) atoms. The summed E-state index contributed by atoms with van der Waals surface area (Å²) >= 11 is 3.51. The highest BCUT2D eigenvalue weighted by Crippen LogP contribution is 2.31. The zero-order chi connectivity index (χ0) is 21.3. The number of rotatable bonds is 4. The number of nitrogens with one attached hydrogen (secondary N) is 1. The lowest BCUT2D eigenvalue weighted by atomic mass is 10.0. The molecule has 1 N–H and O–H groups in total. The van der Waals surface area contributed by atoms with E-state index >= 15 is 0 Å². The number of hydrogen-bond donors (Lipinski definition) is 1. The fourth-order valence-electron chi connectivity index (χ4n) is 2.93. The maximum Gasteiger partial charge on any atom is 0.229 e. The number of fused-ring (bicyclic) bond motifs is 1. The van der Waals surface area contributed by atoms with Crippen LogP contribution in [0.5, 0.6) is 0 Å². The first kappa shape index (κ1) is 19.9. The van der Waals surface area contributed by atoms with E-state index in [1.807, 2.05) is 30.3 Å². The van der Waals surface area contributed by atoms with E-state index in [0.717, 1.165) is 16.3 Å². The van der Waals surface area contributed by atoms with Gasteiger partial charge in [0.2, 0.25) is 5.95 Å². The highest BCUT2D eigenvalue weighted by Gasteiger charge is 2.13. The van der Waals surface area contributed by atoms with Gasteiger partial charge in [-0.1, -0.05) is 40.2 Å².